The summed E-state index contributed by atoms with van der Waals surface area (Å²) in [6, 6.07) is -0.772. The maximum Gasteiger partial charge on any atom is 0.167 e. The molecule has 0 saturated carbocycles. The van der Waals surface area contributed by atoms with Gasteiger partial charge in [-0.2, -0.15) is 0 Å². The third-order valence-corrected chi connectivity index (χ3v) is 5.71. The number of carboxylic acid groups (broad SMARTS) is 1. The van der Waals surface area contributed by atoms with Crippen molar-refractivity contribution < 1.29 is 35.1 Å². The molecule has 5 atom stereocenters. The Morgan fingerprint density at radius 2 is 2.14 bits per heavy atom. The molecule has 7 N–H and O–H groups in total. The van der Waals surface area contributed by atoms with E-state index in [9.17, 15) is 20.1 Å². The summed E-state index contributed by atoms with van der Waals surface area (Å²) >= 11 is 0. The summed E-state index contributed by atoms with van der Waals surface area (Å²) in [5.74, 6) is -0.946. The number of nitrogens with two attached hydrogens (primary N) is 1. The van der Waals surface area contributed by atoms with Crippen LogP contribution in [-0.4, -0.2) is 90.7 Å². The van der Waals surface area contributed by atoms with Gasteiger partial charge in [0.25, 0.3) is 0 Å². The van der Waals surface area contributed by atoms with E-state index in [1.54, 1.807) is 0 Å². The van der Waals surface area contributed by atoms with E-state index < -0.39 is 36.6 Å². The maximum absolute atomic E-state index is 10.9. The molecule has 2 aliphatic rings. The zero-order chi connectivity index (χ0) is 20.1. The number of quaternary nitrogens is 2. The molecular weight excluding hydrogens is 370 g/mol. The Hall–Kier alpha value is -2.38. The highest BCUT2D eigenvalue weighted by atomic mass is 16.6. The number of aliphatic carboxylic acids is 1. The van der Waals surface area contributed by atoms with Crippen LogP contribution in [0.3, 0.4) is 0 Å². The van der Waals surface area contributed by atoms with Gasteiger partial charge in [-0.05, 0) is 0 Å². The summed E-state index contributed by atoms with van der Waals surface area (Å²) in [5, 5.41) is 31.9. The molecule has 0 radical (unpaired) electrons. The molecule has 0 aliphatic carbocycles. The minimum Gasteiger partial charge on any atom is -0.544 e. The summed E-state index contributed by atoms with van der Waals surface area (Å²) < 4.78 is 8.13. The Morgan fingerprint density at radius 3 is 2.82 bits per heavy atom. The predicted octanol–water partition coefficient (Wildman–Crippen LogP) is -4.39. The van der Waals surface area contributed by atoms with Gasteiger partial charge in [0.1, 0.15) is 55.8 Å². The summed E-state index contributed by atoms with van der Waals surface area (Å²) in [7, 11) is 0. The van der Waals surface area contributed by atoms with Gasteiger partial charge in [-0.1, -0.05) is 0 Å². The molecular formula is C16H24N7O5+. The molecule has 28 heavy (non-hydrogen) atoms. The van der Waals surface area contributed by atoms with Crippen molar-refractivity contribution in [3.05, 3.63) is 12.7 Å². The number of rotatable bonds is 7. The molecule has 12 nitrogen and oxygen atoms in total. The lowest BCUT2D eigenvalue weighted by molar-refractivity contribution is -0.805. The Balaban J connectivity index is 1.47. The highest BCUT2D eigenvalue weighted by Gasteiger charge is 2.52. The van der Waals surface area contributed by atoms with E-state index in [0.717, 1.165) is 13.1 Å². The third kappa shape index (κ3) is 3.29. The van der Waals surface area contributed by atoms with Gasteiger partial charge in [0.15, 0.2) is 17.7 Å². The van der Waals surface area contributed by atoms with Crippen LogP contribution in [0, 0.1) is 0 Å². The van der Waals surface area contributed by atoms with Crippen LogP contribution in [0.2, 0.25) is 0 Å². The molecule has 0 amide bonds. The first kappa shape index (κ1) is 19.0. The van der Waals surface area contributed by atoms with Crippen molar-refractivity contribution in [2.75, 3.05) is 31.9 Å². The largest absolute Gasteiger partial charge is 0.544 e. The molecule has 4 heterocycles. The van der Waals surface area contributed by atoms with Gasteiger partial charge in [0, 0.05) is 0 Å². The van der Waals surface area contributed by atoms with Gasteiger partial charge < -0.3 is 40.8 Å². The summed E-state index contributed by atoms with van der Waals surface area (Å²) in [6.45, 7) is 2.81. The van der Waals surface area contributed by atoms with Gasteiger partial charge >= 0.3 is 0 Å². The second kappa shape index (κ2) is 6.90. The molecule has 2 saturated heterocycles. The number of anilines is 1. The fourth-order valence-electron chi connectivity index (χ4n) is 3.73. The Labute approximate surface area is 160 Å². The monoisotopic (exact) mass is 394 g/mol. The molecule has 4 rings (SSSR count). The first-order chi connectivity index (χ1) is 13.3. The van der Waals surface area contributed by atoms with Crippen molar-refractivity contribution >= 4 is 23.0 Å². The van der Waals surface area contributed by atoms with Crippen LogP contribution in [0.4, 0.5) is 5.82 Å². The van der Waals surface area contributed by atoms with Crippen LogP contribution < -0.4 is 16.6 Å². The van der Waals surface area contributed by atoms with Crippen molar-refractivity contribution in [2.45, 2.75) is 37.0 Å². The fourth-order valence-corrected chi connectivity index (χ4v) is 3.73. The van der Waals surface area contributed by atoms with Gasteiger partial charge in [-0.25, -0.2) is 15.0 Å². The van der Waals surface area contributed by atoms with Crippen LogP contribution in [0.5, 0.6) is 0 Å². The van der Waals surface area contributed by atoms with Crippen molar-refractivity contribution in [3.63, 3.8) is 0 Å². The van der Waals surface area contributed by atoms with Crippen molar-refractivity contribution in [1.82, 2.24) is 19.5 Å². The van der Waals surface area contributed by atoms with Crippen LogP contribution in [0.15, 0.2) is 12.7 Å². The minimum absolute atomic E-state index is 0.220. The number of hydrogen-bond donors (Lipinski definition) is 4. The standard InChI is InChI=1S/C16H23N7O5/c17-8(16(26)27)1-2-23(3-4-23)5-9-11(24)12(25)15(28-9)22-7-21-10-13(18)19-6-20-14(10)22/h6-9,11-12,15,24-25H,1-5,17H2,(H2-,18,19,20,26,27)/p+1/t8?,9-,11?,12+,15-/m1/s1. The molecule has 2 fully saturated rings. The van der Waals surface area contributed by atoms with E-state index >= 15 is 0 Å². The average molecular weight is 394 g/mol. The van der Waals surface area contributed by atoms with E-state index in [-0.39, 0.29) is 5.82 Å². The second-order valence-corrected chi connectivity index (χ2v) is 7.63. The quantitative estimate of drug-likeness (QED) is 0.265. The number of aliphatic hydroxyl groups excluding tert-OH is 2. The summed E-state index contributed by atoms with van der Waals surface area (Å²) in [6.07, 6.45) is -0.578. The first-order valence-electron chi connectivity index (χ1n) is 9.15. The lowest BCUT2D eigenvalue weighted by Gasteiger charge is -2.24. The average Bonchev–Trinajstić information content (AvgIpc) is 3.21. The highest BCUT2D eigenvalue weighted by Crippen LogP contribution is 2.35. The number of fused-ring (bicyclic) bond motifs is 1. The van der Waals surface area contributed by atoms with E-state index in [1.807, 2.05) is 0 Å². The van der Waals surface area contributed by atoms with Crippen molar-refractivity contribution in [1.29, 1.82) is 0 Å². The number of ether oxygens (including phenoxy) is 1. The number of nitrogen functional groups attached to an aromatic ring is 1. The van der Waals surface area contributed by atoms with E-state index in [2.05, 4.69) is 20.7 Å². The molecule has 12 heteroatoms. The van der Waals surface area contributed by atoms with Gasteiger partial charge in [-0.3, -0.25) is 4.57 Å². The zero-order valence-corrected chi connectivity index (χ0v) is 15.2. The molecule has 152 valence electrons. The molecule has 0 aromatic carbocycles. The number of carbonyl (C=O) groups is 1. The Morgan fingerprint density at radius 1 is 1.39 bits per heavy atom. The summed E-state index contributed by atoms with van der Waals surface area (Å²) in [5.41, 5.74) is 10.2. The lowest BCUT2D eigenvalue weighted by Crippen LogP contribution is -2.69. The Bertz CT molecular complexity index is 885. The highest BCUT2D eigenvalue weighted by molar-refractivity contribution is 5.81. The zero-order valence-electron chi connectivity index (χ0n) is 15.2. The topological polar surface area (TPSA) is 187 Å². The summed E-state index contributed by atoms with van der Waals surface area (Å²) in [4.78, 5) is 23.1. The van der Waals surface area contributed by atoms with Gasteiger partial charge in [0.2, 0.25) is 0 Å². The Kier molecular flexibility index (Phi) is 4.67. The smallest absolute Gasteiger partial charge is 0.167 e. The second-order valence-electron chi connectivity index (χ2n) is 7.63. The van der Waals surface area contributed by atoms with Crippen LogP contribution in [0.25, 0.3) is 11.2 Å². The maximum atomic E-state index is 10.9. The fraction of sp³-hybridized carbons (Fsp3) is 0.625. The number of nitrogens with zero attached hydrogens (tertiary/aromatic N) is 5. The van der Waals surface area contributed by atoms with Crippen molar-refractivity contribution in [2.24, 2.45) is 0 Å². The van der Waals surface area contributed by atoms with E-state index in [4.69, 9.17) is 10.5 Å². The molecule has 2 aliphatic heterocycles. The predicted molar refractivity (Wildman–Crippen MR) is 91.7 cm³/mol. The van der Waals surface area contributed by atoms with Crippen LogP contribution >= 0.6 is 0 Å². The number of hydrogen-bond acceptors (Lipinski definition) is 9. The molecule has 2 aromatic heterocycles. The third-order valence-electron chi connectivity index (χ3n) is 5.71. The lowest BCUT2D eigenvalue weighted by atomic mass is 10.1. The van der Waals surface area contributed by atoms with Crippen molar-refractivity contribution in [3.8, 4) is 0 Å². The normalized spacial score (nSPS) is 29.8. The van der Waals surface area contributed by atoms with E-state index in [0.29, 0.717) is 35.2 Å². The number of imidazole rings is 1. The molecule has 0 bridgehead atoms. The van der Waals surface area contributed by atoms with Crippen LogP contribution in [0.1, 0.15) is 12.6 Å². The van der Waals surface area contributed by atoms with E-state index in [1.165, 1.54) is 17.2 Å². The van der Waals surface area contributed by atoms with Crippen LogP contribution in [-0.2, 0) is 9.53 Å². The molecule has 2 aromatic rings. The molecule has 2 unspecified atom stereocenters. The number of carbonyl (C=O) groups excluding carboxylic acids is 1. The minimum atomic E-state index is -1.17. The number of aliphatic hydroxyl groups is 2. The molecule has 0 spiro atoms. The SMILES string of the molecule is Nc1ncnc2c1ncn2[C@@H]1O[C@H](C[N+]2(CCC([NH3+])C(=O)[O-])CC2)C(O)[C@@H]1O. The van der Waals surface area contributed by atoms with Gasteiger partial charge in [-0.15, -0.1) is 0 Å². The number of carboxylic acids is 1. The van der Waals surface area contributed by atoms with Gasteiger partial charge in [0.05, 0.1) is 25.3 Å². The first-order valence-corrected chi connectivity index (χ1v) is 9.15. The number of aromatic nitrogens is 4.